The zero-order valence-corrected chi connectivity index (χ0v) is 10.0. The second-order valence-electron chi connectivity index (χ2n) is 4.09. The molecule has 0 aromatic heterocycles. The first kappa shape index (κ1) is 13.4. The molecular weight excluding hydrogens is 232 g/mol. The molecule has 1 aromatic carbocycles. The maximum absolute atomic E-state index is 13.8. The maximum Gasteiger partial charge on any atom is 0.133 e. The van der Waals surface area contributed by atoms with Crippen molar-refractivity contribution in [2.45, 2.75) is 32.2 Å². The van der Waals surface area contributed by atoms with E-state index in [1.54, 1.807) is 6.92 Å². The van der Waals surface area contributed by atoms with Crippen LogP contribution in [0.15, 0.2) is 12.1 Å². The lowest BCUT2D eigenvalue weighted by Gasteiger charge is -2.25. The van der Waals surface area contributed by atoms with E-state index < -0.39 is 11.6 Å². The molecule has 0 spiro atoms. The van der Waals surface area contributed by atoms with Crippen molar-refractivity contribution in [3.8, 4) is 0 Å². The van der Waals surface area contributed by atoms with E-state index in [-0.39, 0.29) is 24.0 Å². The van der Waals surface area contributed by atoms with Crippen molar-refractivity contribution in [1.29, 1.82) is 0 Å². The van der Waals surface area contributed by atoms with Gasteiger partial charge in [-0.3, -0.25) is 0 Å². The van der Waals surface area contributed by atoms with Gasteiger partial charge < -0.3 is 5.32 Å². The fourth-order valence-electron chi connectivity index (χ4n) is 2.10. The monoisotopic (exact) mass is 247 g/mol. The Balaban J connectivity index is 0.00000128. The summed E-state index contributed by atoms with van der Waals surface area (Å²) in [6.45, 7) is 2.51. The van der Waals surface area contributed by atoms with E-state index in [0.29, 0.717) is 5.56 Å². The summed E-state index contributed by atoms with van der Waals surface area (Å²) < 4.78 is 27.3. The molecule has 1 aromatic rings. The van der Waals surface area contributed by atoms with Crippen LogP contribution >= 0.6 is 12.4 Å². The third-order valence-electron chi connectivity index (χ3n) is 2.98. The normalized spacial score (nSPS) is 20.3. The van der Waals surface area contributed by atoms with Crippen molar-refractivity contribution in [3.05, 3.63) is 34.9 Å². The highest BCUT2D eigenvalue weighted by Gasteiger charge is 2.22. The van der Waals surface area contributed by atoms with Crippen LogP contribution in [-0.2, 0) is 0 Å². The number of halogens is 3. The van der Waals surface area contributed by atoms with E-state index in [1.807, 2.05) is 0 Å². The van der Waals surface area contributed by atoms with Crippen LogP contribution in [0, 0.1) is 18.6 Å². The zero-order chi connectivity index (χ0) is 10.8. The summed E-state index contributed by atoms with van der Waals surface area (Å²) in [6.07, 6.45) is 2.94. The highest BCUT2D eigenvalue weighted by atomic mass is 35.5. The van der Waals surface area contributed by atoms with Gasteiger partial charge in [0.25, 0.3) is 0 Å². The molecule has 1 aliphatic heterocycles. The summed E-state index contributed by atoms with van der Waals surface area (Å²) in [5.41, 5.74) is 0.730. The van der Waals surface area contributed by atoms with Crippen molar-refractivity contribution < 1.29 is 8.78 Å². The van der Waals surface area contributed by atoms with Crippen LogP contribution in [0.5, 0.6) is 0 Å². The van der Waals surface area contributed by atoms with Gasteiger partial charge in [0.05, 0.1) is 0 Å². The van der Waals surface area contributed by atoms with Crippen LogP contribution in [0.1, 0.15) is 36.4 Å². The van der Waals surface area contributed by atoms with Gasteiger partial charge >= 0.3 is 0 Å². The lowest BCUT2D eigenvalue weighted by atomic mass is 9.95. The average molecular weight is 248 g/mol. The van der Waals surface area contributed by atoms with Crippen LogP contribution in [0.25, 0.3) is 0 Å². The maximum atomic E-state index is 13.8. The van der Waals surface area contributed by atoms with E-state index in [0.717, 1.165) is 25.8 Å². The molecule has 0 radical (unpaired) electrons. The number of rotatable bonds is 1. The van der Waals surface area contributed by atoms with Crippen molar-refractivity contribution in [2.24, 2.45) is 0 Å². The van der Waals surface area contributed by atoms with E-state index in [9.17, 15) is 8.78 Å². The van der Waals surface area contributed by atoms with Crippen molar-refractivity contribution in [2.75, 3.05) is 6.54 Å². The van der Waals surface area contributed by atoms with E-state index in [4.69, 9.17) is 0 Å². The third-order valence-corrected chi connectivity index (χ3v) is 2.98. The number of hydrogen-bond donors (Lipinski definition) is 1. The highest BCUT2D eigenvalue weighted by Crippen LogP contribution is 2.28. The topological polar surface area (TPSA) is 12.0 Å². The molecule has 1 atom stereocenters. The molecule has 16 heavy (non-hydrogen) atoms. The molecule has 1 fully saturated rings. The van der Waals surface area contributed by atoms with Gasteiger partial charge in [0.1, 0.15) is 11.6 Å². The number of piperidine rings is 1. The first-order valence-corrected chi connectivity index (χ1v) is 5.38. The molecule has 0 aliphatic carbocycles. The molecular formula is C12H16ClF2N. The number of hydrogen-bond acceptors (Lipinski definition) is 1. The minimum atomic E-state index is -0.433. The molecule has 1 N–H and O–H groups in total. The quantitative estimate of drug-likeness (QED) is 0.801. The summed E-state index contributed by atoms with van der Waals surface area (Å²) in [5.74, 6) is -0.827. The summed E-state index contributed by atoms with van der Waals surface area (Å²) >= 11 is 0. The second kappa shape index (κ2) is 5.60. The van der Waals surface area contributed by atoms with E-state index >= 15 is 0 Å². The SMILES string of the molecule is Cc1ccc(F)c([C@@H]2CCCCN2)c1F.Cl. The second-order valence-corrected chi connectivity index (χ2v) is 4.09. The van der Waals surface area contributed by atoms with Crippen LogP contribution in [0.3, 0.4) is 0 Å². The van der Waals surface area contributed by atoms with Gasteiger partial charge in [-0.1, -0.05) is 12.5 Å². The molecule has 0 amide bonds. The standard InChI is InChI=1S/C12H15F2N.ClH/c1-8-5-6-9(13)11(12(8)14)10-4-2-3-7-15-10;/h5-6,10,15H,2-4,7H2,1H3;1H/t10-;/m0./s1. The Bertz CT molecular complexity index is 362. The van der Waals surface area contributed by atoms with E-state index in [2.05, 4.69) is 5.32 Å². The molecule has 2 rings (SSSR count). The smallest absolute Gasteiger partial charge is 0.133 e. The Morgan fingerprint density at radius 3 is 2.62 bits per heavy atom. The Hall–Kier alpha value is -0.670. The molecule has 1 heterocycles. The molecule has 1 aliphatic rings. The Morgan fingerprint density at radius 2 is 2.00 bits per heavy atom. The van der Waals surface area contributed by atoms with Crippen LogP contribution in [0.2, 0.25) is 0 Å². The van der Waals surface area contributed by atoms with Crippen molar-refractivity contribution in [1.82, 2.24) is 5.32 Å². The van der Waals surface area contributed by atoms with Gasteiger partial charge in [-0.2, -0.15) is 0 Å². The van der Waals surface area contributed by atoms with Gasteiger partial charge in [-0.05, 0) is 37.9 Å². The fraction of sp³-hybridized carbons (Fsp3) is 0.500. The first-order chi connectivity index (χ1) is 7.20. The first-order valence-electron chi connectivity index (χ1n) is 5.38. The van der Waals surface area contributed by atoms with Crippen LogP contribution < -0.4 is 5.32 Å². The van der Waals surface area contributed by atoms with Gasteiger partial charge in [-0.15, -0.1) is 12.4 Å². The molecule has 4 heteroatoms. The Labute approximate surface area is 101 Å². The summed E-state index contributed by atoms with van der Waals surface area (Å²) in [7, 11) is 0. The fourth-order valence-corrected chi connectivity index (χ4v) is 2.10. The Kier molecular flexibility index (Phi) is 4.69. The van der Waals surface area contributed by atoms with Gasteiger partial charge in [-0.25, -0.2) is 8.78 Å². The Morgan fingerprint density at radius 1 is 1.25 bits per heavy atom. The highest BCUT2D eigenvalue weighted by molar-refractivity contribution is 5.85. The molecule has 0 saturated carbocycles. The lowest BCUT2D eigenvalue weighted by molar-refractivity contribution is 0.384. The predicted molar refractivity (Wildman–Crippen MR) is 62.9 cm³/mol. The van der Waals surface area contributed by atoms with Gasteiger partial charge in [0, 0.05) is 11.6 Å². The summed E-state index contributed by atoms with van der Waals surface area (Å²) in [6, 6.07) is 2.68. The average Bonchev–Trinajstić information content (AvgIpc) is 2.26. The lowest BCUT2D eigenvalue weighted by Crippen LogP contribution is -2.28. The molecule has 0 bridgehead atoms. The molecule has 0 unspecified atom stereocenters. The summed E-state index contributed by atoms with van der Waals surface area (Å²) in [4.78, 5) is 0. The molecule has 1 saturated heterocycles. The number of benzene rings is 1. The largest absolute Gasteiger partial charge is 0.310 e. The zero-order valence-electron chi connectivity index (χ0n) is 9.22. The minimum Gasteiger partial charge on any atom is -0.310 e. The molecule has 1 nitrogen and oxygen atoms in total. The third kappa shape index (κ3) is 2.53. The summed E-state index contributed by atoms with van der Waals surface area (Å²) in [5, 5.41) is 3.16. The number of aryl methyl sites for hydroxylation is 1. The number of nitrogens with one attached hydrogen (secondary N) is 1. The van der Waals surface area contributed by atoms with Gasteiger partial charge in [0.2, 0.25) is 0 Å². The van der Waals surface area contributed by atoms with Crippen LogP contribution in [0.4, 0.5) is 8.78 Å². The molecule has 90 valence electrons. The van der Waals surface area contributed by atoms with E-state index in [1.165, 1.54) is 12.1 Å². The minimum absolute atomic E-state index is 0. The predicted octanol–water partition coefficient (Wildman–Crippen LogP) is 3.51. The van der Waals surface area contributed by atoms with Gasteiger partial charge in [0.15, 0.2) is 0 Å². The van der Waals surface area contributed by atoms with Crippen LogP contribution in [-0.4, -0.2) is 6.54 Å². The van der Waals surface area contributed by atoms with Crippen molar-refractivity contribution >= 4 is 12.4 Å². The van der Waals surface area contributed by atoms with Crippen molar-refractivity contribution in [3.63, 3.8) is 0 Å².